The standard InChI is InChI=1S/C19H16BrN5O2/c20-14-5-1-2-7-16(14)24-12-13(11-17(24)26)19(27)23-15-6-3-8-21-18(15)25-10-4-9-22-25/h1-10,13H,11-12H2,(H,23,27)/t13-/m0/s1. The third-order valence-electron chi connectivity index (χ3n) is 4.41. The summed E-state index contributed by atoms with van der Waals surface area (Å²) in [5, 5.41) is 7.06. The molecule has 1 fully saturated rings. The van der Waals surface area contributed by atoms with E-state index >= 15 is 0 Å². The van der Waals surface area contributed by atoms with Gasteiger partial charge in [0.1, 0.15) is 0 Å². The van der Waals surface area contributed by atoms with Crippen molar-refractivity contribution in [2.45, 2.75) is 6.42 Å². The lowest BCUT2D eigenvalue weighted by Gasteiger charge is -2.18. The monoisotopic (exact) mass is 425 g/mol. The van der Waals surface area contributed by atoms with Crippen molar-refractivity contribution in [3.63, 3.8) is 0 Å². The van der Waals surface area contributed by atoms with E-state index in [0.717, 1.165) is 10.2 Å². The third-order valence-corrected chi connectivity index (χ3v) is 5.08. The zero-order valence-electron chi connectivity index (χ0n) is 14.2. The quantitative estimate of drug-likeness (QED) is 0.696. The Bertz CT molecular complexity index is 989. The van der Waals surface area contributed by atoms with Gasteiger partial charge in [-0.3, -0.25) is 9.59 Å². The van der Waals surface area contributed by atoms with E-state index < -0.39 is 5.92 Å². The fourth-order valence-corrected chi connectivity index (χ4v) is 3.59. The number of rotatable bonds is 4. The highest BCUT2D eigenvalue weighted by molar-refractivity contribution is 9.10. The second-order valence-corrected chi connectivity index (χ2v) is 7.03. The minimum Gasteiger partial charge on any atom is -0.323 e. The van der Waals surface area contributed by atoms with Crippen molar-refractivity contribution in [1.82, 2.24) is 14.8 Å². The molecule has 0 radical (unpaired) electrons. The highest BCUT2D eigenvalue weighted by Crippen LogP contribution is 2.31. The highest BCUT2D eigenvalue weighted by Gasteiger charge is 2.36. The van der Waals surface area contributed by atoms with Crippen molar-refractivity contribution in [3.8, 4) is 5.82 Å². The van der Waals surface area contributed by atoms with Crippen LogP contribution in [0.25, 0.3) is 5.82 Å². The SMILES string of the molecule is O=C(Nc1cccnc1-n1cccn1)[C@H]1CC(=O)N(c2ccccc2Br)C1. The molecule has 1 N–H and O–H groups in total. The molecule has 1 atom stereocenters. The molecule has 1 aromatic carbocycles. The number of aromatic nitrogens is 3. The number of hydrogen-bond acceptors (Lipinski definition) is 4. The van der Waals surface area contributed by atoms with Gasteiger partial charge in [-0.05, 0) is 46.3 Å². The molecule has 0 aliphatic carbocycles. The van der Waals surface area contributed by atoms with Gasteiger partial charge in [0.15, 0.2) is 5.82 Å². The fraction of sp³-hybridized carbons (Fsp3) is 0.158. The fourth-order valence-electron chi connectivity index (χ4n) is 3.09. The molecule has 136 valence electrons. The molecule has 1 aliphatic rings. The predicted molar refractivity (Wildman–Crippen MR) is 105 cm³/mol. The van der Waals surface area contributed by atoms with Crippen molar-refractivity contribution in [2.75, 3.05) is 16.8 Å². The van der Waals surface area contributed by atoms with Crippen LogP contribution >= 0.6 is 15.9 Å². The van der Waals surface area contributed by atoms with Gasteiger partial charge < -0.3 is 10.2 Å². The van der Waals surface area contributed by atoms with E-state index in [1.54, 1.807) is 46.4 Å². The van der Waals surface area contributed by atoms with E-state index in [1.807, 2.05) is 24.3 Å². The van der Waals surface area contributed by atoms with E-state index in [1.165, 1.54) is 0 Å². The van der Waals surface area contributed by atoms with Gasteiger partial charge >= 0.3 is 0 Å². The molecule has 27 heavy (non-hydrogen) atoms. The molecule has 1 aliphatic heterocycles. The van der Waals surface area contributed by atoms with Crippen molar-refractivity contribution >= 4 is 39.1 Å². The molecule has 7 nitrogen and oxygen atoms in total. The van der Waals surface area contributed by atoms with Gasteiger partial charge in [0, 0.05) is 36.0 Å². The zero-order chi connectivity index (χ0) is 18.8. The van der Waals surface area contributed by atoms with Gasteiger partial charge in [-0.2, -0.15) is 5.10 Å². The number of nitrogens with zero attached hydrogens (tertiary/aromatic N) is 4. The molecule has 0 spiro atoms. The number of nitrogens with one attached hydrogen (secondary N) is 1. The Balaban J connectivity index is 1.52. The first kappa shape index (κ1) is 17.4. The molecule has 0 bridgehead atoms. The lowest BCUT2D eigenvalue weighted by molar-refractivity contribution is -0.122. The van der Waals surface area contributed by atoms with Crippen LogP contribution in [0, 0.1) is 5.92 Å². The number of hydrogen-bond donors (Lipinski definition) is 1. The minimum absolute atomic E-state index is 0.0689. The second kappa shape index (κ2) is 7.32. The molecule has 2 amide bonds. The first-order chi connectivity index (χ1) is 13.1. The molecule has 0 unspecified atom stereocenters. The van der Waals surface area contributed by atoms with Crippen molar-refractivity contribution in [2.24, 2.45) is 5.92 Å². The lowest BCUT2D eigenvalue weighted by Crippen LogP contribution is -2.28. The molecule has 2 aromatic heterocycles. The van der Waals surface area contributed by atoms with Crippen LogP contribution in [0.15, 0.2) is 65.5 Å². The molecule has 3 heterocycles. The Hall–Kier alpha value is -3.00. The molecule has 3 aromatic rings. The van der Waals surface area contributed by atoms with Crippen molar-refractivity contribution in [1.29, 1.82) is 0 Å². The maximum atomic E-state index is 12.8. The van der Waals surface area contributed by atoms with Crippen LogP contribution in [-0.4, -0.2) is 33.1 Å². The topological polar surface area (TPSA) is 80.1 Å². The number of carbonyl (C=O) groups excluding carboxylic acids is 2. The van der Waals surface area contributed by atoms with Gasteiger partial charge in [0.25, 0.3) is 0 Å². The number of benzene rings is 1. The van der Waals surface area contributed by atoms with Crippen molar-refractivity contribution < 1.29 is 9.59 Å². The number of anilines is 2. The Kier molecular flexibility index (Phi) is 4.72. The summed E-state index contributed by atoms with van der Waals surface area (Å²) in [7, 11) is 0. The van der Waals surface area contributed by atoms with Crippen LogP contribution in [0.5, 0.6) is 0 Å². The average Bonchev–Trinajstić information content (AvgIpc) is 3.33. The molecule has 8 heteroatoms. The number of amides is 2. The molecular formula is C19H16BrN5O2. The van der Waals surface area contributed by atoms with Crippen molar-refractivity contribution in [3.05, 3.63) is 65.5 Å². The van der Waals surface area contributed by atoms with E-state index in [0.29, 0.717) is 18.1 Å². The summed E-state index contributed by atoms with van der Waals surface area (Å²) >= 11 is 3.46. The second-order valence-electron chi connectivity index (χ2n) is 6.17. The summed E-state index contributed by atoms with van der Waals surface area (Å²) in [5.41, 5.74) is 1.33. The predicted octanol–water partition coefficient (Wildman–Crippen LogP) is 3.02. The van der Waals surface area contributed by atoms with E-state index in [2.05, 4.69) is 31.3 Å². The first-order valence-electron chi connectivity index (χ1n) is 8.44. The van der Waals surface area contributed by atoms with Gasteiger partial charge in [-0.25, -0.2) is 9.67 Å². The summed E-state index contributed by atoms with van der Waals surface area (Å²) < 4.78 is 2.41. The average molecular weight is 426 g/mol. The van der Waals surface area contributed by atoms with Crippen LogP contribution in [-0.2, 0) is 9.59 Å². The number of carbonyl (C=O) groups is 2. The Morgan fingerprint density at radius 2 is 2.00 bits per heavy atom. The lowest BCUT2D eigenvalue weighted by atomic mass is 10.1. The molecule has 0 saturated carbocycles. The number of pyridine rings is 1. The van der Waals surface area contributed by atoms with E-state index in [4.69, 9.17) is 0 Å². The van der Waals surface area contributed by atoms with E-state index in [9.17, 15) is 9.59 Å². The Morgan fingerprint density at radius 3 is 2.78 bits per heavy atom. The Morgan fingerprint density at radius 1 is 1.15 bits per heavy atom. The Labute approximate surface area is 164 Å². The van der Waals surface area contributed by atoms with Crippen LogP contribution in [0.1, 0.15) is 6.42 Å². The smallest absolute Gasteiger partial charge is 0.229 e. The van der Waals surface area contributed by atoms with Crippen LogP contribution in [0.4, 0.5) is 11.4 Å². The highest BCUT2D eigenvalue weighted by atomic mass is 79.9. The van der Waals surface area contributed by atoms with Gasteiger partial charge in [0.05, 0.1) is 17.3 Å². The molecular weight excluding hydrogens is 410 g/mol. The van der Waals surface area contributed by atoms with Crippen LogP contribution < -0.4 is 10.2 Å². The van der Waals surface area contributed by atoms with Gasteiger partial charge in [-0.15, -0.1) is 0 Å². The minimum atomic E-state index is -0.435. The molecule has 1 saturated heterocycles. The van der Waals surface area contributed by atoms with E-state index in [-0.39, 0.29) is 18.2 Å². The largest absolute Gasteiger partial charge is 0.323 e. The maximum absolute atomic E-state index is 12.8. The first-order valence-corrected chi connectivity index (χ1v) is 9.23. The van der Waals surface area contributed by atoms with Crippen LogP contribution in [0.2, 0.25) is 0 Å². The normalized spacial score (nSPS) is 16.6. The summed E-state index contributed by atoms with van der Waals surface area (Å²) in [6.45, 7) is 0.338. The maximum Gasteiger partial charge on any atom is 0.229 e. The third kappa shape index (κ3) is 3.48. The summed E-state index contributed by atoms with van der Waals surface area (Å²) in [6.07, 6.45) is 5.21. The number of para-hydroxylation sites is 1. The summed E-state index contributed by atoms with van der Waals surface area (Å²) in [5.74, 6) is -0.182. The zero-order valence-corrected chi connectivity index (χ0v) is 15.8. The van der Waals surface area contributed by atoms with Gasteiger partial charge in [0.2, 0.25) is 11.8 Å². The molecule has 4 rings (SSSR count). The van der Waals surface area contributed by atoms with Gasteiger partial charge in [-0.1, -0.05) is 12.1 Å². The summed E-state index contributed by atoms with van der Waals surface area (Å²) in [4.78, 5) is 31.2. The number of halogens is 1. The van der Waals surface area contributed by atoms with Crippen LogP contribution in [0.3, 0.4) is 0 Å². The summed E-state index contributed by atoms with van der Waals surface area (Å²) in [6, 6.07) is 12.8.